The van der Waals surface area contributed by atoms with Crippen LogP contribution in [0.25, 0.3) is 0 Å². The molecule has 4 nitrogen and oxygen atoms in total. The maximum atomic E-state index is 11.8. The third-order valence-electron chi connectivity index (χ3n) is 2.28. The van der Waals surface area contributed by atoms with Gasteiger partial charge < -0.3 is 14.2 Å². The molecular weight excluding hydrogens is 277 g/mol. The largest absolute Gasteiger partial charge is 0.493 e. The number of benzene rings is 1. The Morgan fingerprint density at radius 1 is 1.20 bits per heavy atom. The minimum absolute atomic E-state index is 0.0603. The van der Waals surface area contributed by atoms with Crippen molar-refractivity contribution in [2.75, 3.05) is 26.9 Å². The molecule has 1 aromatic carbocycles. The van der Waals surface area contributed by atoms with E-state index < -0.39 is 12.8 Å². The molecule has 0 aliphatic carbocycles. The molecule has 20 heavy (non-hydrogen) atoms. The lowest BCUT2D eigenvalue weighted by Gasteiger charge is -2.11. The molecule has 0 radical (unpaired) electrons. The van der Waals surface area contributed by atoms with Crippen molar-refractivity contribution in [3.8, 4) is 11.5 Å². The number of rotatable bonds is 8. The van der Waals surface area contributed by atoms with Crippen LogP contribution >= 0.6 is 0 Å². The number of hydrogen-bond acceptors (Lipinski definition) is 4. The lowest BCUT2D eigenvalue weighted by Crippen LogP contribution is -2.18. The lowest BCUT2D eigenvalue weighted by atomic mass is 10.2. The smallest absolute Gasteiger partial charge is 0.411 e. The molecule has 0 aliphatic rings. The second-order valence-electron chi connectivity index (χ2n) is 3.90. The highest BCUT2D eigenvalue weighted by molar-refractivity contribution is 5.76. The molecule has 1 rings (SSSR count). The monoisotopic (exact) mass is 292 g/mol. The van der Waals surface area contributed by atoms with E-state index in [2.05, 4.69) is 4.74 Å². The number of alkyl halides is 3. The zero-order valence-electron chi connectivity index (χ0n) is 10.9. The number of halogens is 3. The molecule has 0 saturated carbocycles. The van der Waals surface area contributed by atoms with Gasteiger partial charge in [0, 0.05) is 12.0 Å². The van der Waals surface area contributed by atoms with Crippen LogP contribution in [0.3, 0.4) is 0 Å². The van der Waals surface area contributed by atoms with E-state index >= 15 is 0 Å². The average Bonchev–Trinajstić information content (AvgIpc) is 2.41. The fourth-order valence-corrected chi connectivity index (χ4v) is 1.41. The molecule has 0 unspecified atom stereocenters. The topological polar surface area (TPSA) is 44.8 Å². The molecule has 0 atom stereocenters. The average molecular weight is 292 g/mol. The number of carbonyl (C=O) groups is 1. The Labute approximate surface area is 114 Å². The quantitative estimate of drug-likeness (QED) is 0.546. The van der Waals surface area contributed by atoms with Crippen molar-refractivity contribution in [3.63, 3.8) is 0 Å². The van der Waals surface area contributed by atoms with Gasteiger partial charge in [0.15, 0.2) is 11.5 Å². The predicted molar refractivity (Wildman–Crippen MR) is 65.4 cm³/mol. The van der Waals surface area contributed by atoms with E-state index in [1.807, 2.05) is 0 Å². The lowest BCUT2D eigenvalue weighted by molar-refractivity contribution is -0.174. The Bertz CT molecular complexity index is 432. The maximum absolute atomic E-state index is 11.8. The number of ether oxygens (including phenoxy) is 3. The van der Waals surface area contributed by atoms with Crippen LogP contribution in [0.15, 0.2) is 18.2 Å². The molecule has 0 fully saturated rings. The van der Waals surface area contributed by atoms with E-state index in [0.717, 1.165) is 0 Å². The zero-order valence-corrected chi connectivity index (χ0v) is 10.9. The molecule has 0 spiro atoms. The van der Waals surface area contributed by atoms with Crippen molar-refractivity contribution in [2.24, 2.45) is 0 Å². The van der Waals surface area contributed by atoms with Crippen molar-refractivity contribution >= 4 is 6.29 Å². The fraction of sp³-hybridized carbons (Fsp3) is 0.462. The van der Waals surface area contributed by atoms with Gasteiger partial charge in [0.25, 0.3) is 0 Å². The molecule has 0 heterocycles. The highest BCUT2D eigenvalue weighted by Crippen LogP contribution is 2.27. The minimum Gasteiger partial charge on any atom is -0.493 e. The third-order valence-corrected chi connectivity index (χ3v) is 2.28. The summed E-state index contributed by atoms with van der Waals surface area (Å²) in [7, 11) is 1.45. The van der Waals surface area contributed by atoms with Crippen molar-refractivity contribution in [2.45, 2.75) is 12.6 Å². The Hall–Kier alpha value is -1.76. The normalized spacial score (nSPS) is 11.2. The highest BCUT2D eigenvalue weighted by atomic mass is 19.4. The summed E-state index contributed by atoms with van der Waals surface area (Å²) in [4.78, 5) is 10.6. The Kier molecular flexibility index (Phi) is 6.30. The molecule has 1 aromatic rings. The summed E-state index contributed by atoms with van der Waals surface area (Å²) in [6, 6.07) is 4.66. The van der Waals surface area contributed by atoms with E-state index in [-0.39, 0.29) is 13.2 Å². The van der Waals surface area contributed by atoms with Gasteiger partial charge in [-0.05, 0) is 18.2 Å². The number of methoxy groups -OCH3 is 1. The molecule has 7 heteroatoms. The summed E-state index contributed by atoms with van der Waals surface area (Å²) >= 11 is 0. The summed E-state index contributed by atoms with van der Waals surface area (Å²) in [5.74, 6) is 0.819. The van der Waals surface area contributed by atoms with Crippen LogP contribution in [-0.2, 0) is 4.74 Å². The highest BCUT2D eigenvalue weighted by Gasteiger charge is 2.27. The van der Waals surface area contributed by atoms with Crippen LogP contribution in [0.1, 0.15) is 16.8 Å². The number of aldehydes is 1. The van der Waals surface area contributed by atoms with Crippen molar-refractivity contribution in [1.29, 1.82) is 0 Å². The molecule has 112 valence electrons. The van der Waals surface area contributed by atoms with Gasteiger partial charge in [-0.2, -0.15) is 13.2 Å². The summed E-state index contributed by atoms with van der Waals surface area (Å²) in [6.07, 6.45) is -3.36. The molecule has 0 saturated heterocycles. The third kappa shape index (κ3) is 5.92. The van der Waals surface area contributed by atoms with Gasteiger partial charge in [-0.25, -0.2) is 0 Å². The second-order valence-corrected chi connectivity index (χ2v) is 3.90. The SMILES string of the molecule is COc1ccc(C=O)cc1OCCCOCC(F)(F)F. The number of carbonyl (C=O) groups excluding carboxylic acids is 1. The van der Waals surface area contributed by atoms with Crippen LogP contribution in [-0.4, -0.2) is 39.4 Å². The van der Waals surface area contributed by atoms with Crippen molar-refractivity contribution in [1.82, 2.24) is 0 Å². The van der Waals surface area contributed by atoms with Crippen LogP contribution in [0.4, 0.5) is 13.2 Å². The molecule has 0 aromatic heterocycles. The second kappa shape index (κ2) is 7.74. The Balaban J connectivity index is 2.36. The van der Waals surface area contributed by atoms with Crippen LogP contribution in [0.5, 0.6) is 11.5 Å². The summed E-state index contributed by atoms with van der Waals surface area (Å²) in [5, 5.41) is 0. The fourth-order valence-electron chi connectivity index (χ4n) is 1.41. The van der Waals surface area contributed by atoms with Gasteiger partial charge in [0.1, 0.15) is 12.9 Å². The first-order valence-electron chi connectivity index (χ1n) is 5.87. The van der Waals surface area contributed by atoms with E-state index in [1.54, 1.807) is 12.1 Å². The summed E-state index contributed by atoms with van der Waals surface area (Å²) in [5.41, 5.74) is 0.425. The first kappa shape index (κ1) is 16.3. The van der Waals surface area contributed by atoms with Crippen molar-refractivity contribution < 1.29 is 32.2 Å². The Morgan fingerprint density at radius 2 is 1.95 bits per heavy atom. The van der Waals surface area contributed by atoms with Gasteiger partial charge in [-0.3, -0.25) is 4.79 Å². The van der Waals surface area contributed by atoms with Gasteiger partial charge in [0.05, 0.1) is 20.3 Å². The molecular formula is C13H15F3O4. The van der Waals surface area contributed by atoms with Crippen LogP contribution in [0, 0.1) is 0 Å². The first-order chi connectivity index (χ1) is 9.46. The summed E-state index contributed by atoms with van der Waals surface area (Å²) in [6.45, 7) is -1.16. The first-order valence-corrected chi connectivity index (χ1v) is 5.87. The standard InChI is InChI=1S/C13H15F3O4/c1-18-11-4-3-10(8-17)7-12(11)20-6-2-5-19-9-13(14,15)16/h3-4,7-8H,2,5-6,9H2,1H3. The molecule has 0 aliphatic heterocycles. The number of hydrogen-bond donors (Lipinski definition) is 0. The zero-order chi connectivity index (χ0) is 15.0. The van der Waals surface area contributed by atoms with Gasteiger partial charge in [-0.1, -0.05) is 0 Å². The Morgan fingerprint density at radius 3 is 2.55 bits per heavy atom. The van der Waals surface area contributed by atoms with Crippen LogP contribution in [0.2, 0.25) is 0 Å². The molecule has 0 N–H and O–H groups in total. The molecule has 0 amide bonds. The maximum Gasteiger partial charge on any atom is 0.411 e. The van der Waals surface area contributed by atoms with Crippen LogP contribution < -0.4 is 9.47 Å². The van der Waals surface area contributed by atoms with E-state index in [4.69, 9.17) is 9.47 Å². The molecule has 0 bridgehead atoms. The predicted octanol–water partition coefficient (Wildman–Crippen LogP) is 2.86. The van der Waals surface area contributed by atoms with Gasteiger partial charge >= 0.3 is 6.18 Å². The van der Waals surface area contributed by atoms with E-state index in [9.17, 15) is 18.0 Å². The van der Waals surface area contributed by atoms with E-state index in [1.165, 1.54) is 13.2 Å². The minimum atomic E-state index is -4.32. The van der Waals surface area contributed by atoms with Gasteiger partial charge in [0.2, 0.25) is 0 Å². The van der Waals surface area contributed by atoms with Gasteiger partial charge in [-0.15, -0.1) is 0 Å². The summed E-state index contributed by atoms with van der Waals surface area (Å²) < 4.78 is 50.3. The van der Waals surface area contributed by atoms with Crippen molar-refractivity contribution in [3.05, 3.63) is 23.8 Å². The van der Waals surface area contributed by atoms with E-state index in [0.29, 0.717) is 29.8 Å².